The van der Waals surface area contributed by atoms with Gasteiger partial charge >= 0.3 is 171 Å². The number of allylic oxidation sites excluding steroid dienone is 3. The Morgan fingerprint density at radius 2 is 1.63 bits per heavy atom. The maximum absolute atomic E-state index is 11.2. The Morgan fingerprint density at radius 1 is 1.04 bits per heavy atom. The fraction of sp³-hybridized carbons (Fsp3) is 0.826. The minimum atomic E-state index is -2.60. The van der Waals surface area contributed by atoms with Crippen molar-refractivity contribution < 1.29 is 14.6 Å². The summed E-state index contributed by atoms with van der Waals surface area (Å²) in [5, 5.41) is 11.2. The van der Waals surface area contributed by atoms with E-state index < -0.39 is 30.8 Å². The van der Waals surface area contributed by atoms with Gasteiger partial charge in [0.2, 0.25) is 0 Å². The van der Waals surface area contributed by atoms with Crippen molar-refractivity contribution in [2.75, 3.05) is 6.61 Å². The Kier molecular flexibility index (Phi) is 7.91. The van der Waals surface area contributed by atoms with E-state index in [1.54, 1.807) is 3.59 Å². The van der Waals surface area contributed by atoms with E-state index in [4.69, 9.17) is 9.47 Å². The molecule has 3 nitrogen and oxygen atoms in total. The molecule has 3 aliphatic rings. The zero-order valence-corrected chi connectivity index (χ0v) is 20.8. The number of aliphatic hydroxyl groups excluding tert-OH is 1. The molecule has 4 heteroatoms. The number of aliphatic hydroxyl groups is 1. The topological polar surface area (TPSA) is 38.7 Å². The van der Waals surface area contributed by atoms with Crippen LogP contribution in [0, 0.1) is 5.92 Å². The van der Waals surface area contributed by atoms with Crippen LogP contribution in [0.25, 0.3) is 0 Å². The molecule has 1 N–H and O–H groups in total. The molecule has 2 fully saturated rings. The molecule has 154 valence electrons. The van der Waals surface area contributed by atoms with Gasteiger partial charge in [0.05, 0.1) is 0 Å². The van der Waals surface area contributed by atoms with Crippen molar-refractivity contribution in [3.05, 3.63) is 20.8 Å². The second-order valence-corrected chi connectivity index (χ2v) is 22.2. The van der Waals surface area contributed by atoms with E-state index in [9.17, 15) is 5.11 Å². The average molecular weight is 483 g/mol. The predicted octanol–water partition coefficient (Wildman–Crippen LogP) is 5.75. The van der Waals surface area contributed by atoms with E-state index in [0.717, 1.165) is 6.42 Å². The van der Waals surface area contributed by atoms with Gasteiger partial charge in [0.1, 0.15) is 0 Å². The molecule has 27 heavy (non-hydrogen) atoms. The van der Waals surface area contributed by atoms with Crippen molar-refractivity contribution in [3.63, 3.8) is 0 Å². The van der Waals surface area contributed by atoms with Crippen LogP contribution in [0.15, 0.2) is 20.8 Å². The van der Waals surface area contributed by atoms with Crippen LogP contribution in [-0.4, -0.2) is 48.6 Å². The molecule has 0 aromatic heterocycles. The molecule has 0 radical (unpaired) electrons. The van der Waals surface area contributed by atoms with Crippen LogP contribution in [0.2, 0.25) is 13.3 Å². The first-order valence-electron chi connectivity index (χ1n) is 11.4. The van der Waals surface area contributed by atoms with Gasteiger partial charge in [-0.3, -0.25) is 0 Å². The van der Waals surface area contributed by atoms with Crippen LogP contribution in [-0.2, 0) is 9.47 Å². The van der Waals surface area contributed by atoms with E-state index in [1.807, 2.05) is 0 Å². The standard InChI is InChI=1S/C11H13O3.3C4H9.Sn/c1-6-2-3-7-8(4-6)9-5-13-11(14-9)10(7)12;3*1-3-4-2;/h2,8-12H,4-5H2,1H3;3*1,3-4H2,2H3;/t8-,9+,10-,11+;;;;/m0..../s1. The van der Waals surface area contributed by atoms with Gasteiger partial charge in [0.15, 0.2) is 0 Å². The Hall–Kier alpha value is 0.159. The number of ether oxygens (including phenoxy) is 2. The maximum atomic E-state index is 11.2. The average Bonchev–Trinajstić information content (AvgIpc) is 3.12. The summed E-state index contributed by atoms with van der Waals surface area (Å²) < 4.78 is 17.9. The van der Waals surface area contributed by atoms with Crippen LogP contribution in [0.1, 0.15) is 72.6 Å². The first-order chi connectivity index (χ1) is 13.1. The zero-order chi connectivity index (χ0) is 19.4. The van der Waals surface area contributed by atoms with E-state index in [0.29, 0.717) is 12.5 Å². The molecule has 2 heterocycles. The van der Waals surface area contributed by atoms with E-state index in [-0.39, 0.29) is 6.10 Å². The van der Waals surface area contributed by atoms with Gasteiger partial charge in [-0.15, -0.1) is 0 Å². The molecule has 4 atom stereocenters. The SMILES string of the molecule is CCC[CH2][Sn]([CH2]CCC)([CH2]CCC)[C]1=C2[C@H](O)[C@@H]3OC[C@@H](O3)[C@H]2CC(C)=C1. The Morgan fingerprint density at radius 3 is 2.19 bits per heavy atom. The summed E-state index contributed by atoms with van der Waals surface area (Å²) in [4.78, 5) is 0. The van der Waals surface area contributed by atoms with E-state index >= 15 is 0 Å². The second kappa shape index (κ2) is 9.77. The van der Waals surface area contributed by atoms with Crippen molar-refractivity contribution >= 4 is 18.4 Å². The van der Waals surface area contributed by atoms with Crippen molar-refractivity contribution in [2.24, 2.45) is 5.92 Å². The summed E-state index contributed by atoms with van der Waals surface area (Å²) in [5.74, 6) is 0.347. The van der Waals surface area contributed by atoms with Gasteiger partial charge in [0, 0.05) is 0 Å². The van der Waals surface area contributed by atoms with Gasteiger partial charge < -0.3 is 0 Å². The number of fused-ring (bicyclic) bond motifs is 4. The molecule has 1 aliphatic carbocycles. The molecule has 2 saturated heterocycles. The van der Waals surface area contributed by atoms with Gasteiger partial charge in [-0.25, -0.2) is 0 Å². The second-order valence-electron chi connectivity index (χ2n) is 9.08. The molecule has 2 bridgehead atoms. The summed E-state index contributed by atoms with van der Waals surface area (Å²) in [6.07, 6.45) is 10.7. The molecule has 0 amide bonds. The predicted molar refractivity (Wildman–Crippen MR) is 114 cm³/mol. The third-order valence-electron chi connectivity index (χ3n) is 7.00. The molecular formula is C23H40O3Sn. The van der Waals surface area contributed by atoms with Gasteiger partial charge in [-0.2, -0.15) is 0 Å². The molecule has 0 unspecified atom stereocenters. The summed E-state index contributed by atoms with van der Waals surface area (Å²) in [5.41, 5.74) is 2.85. The van der Waals surface area contributed by atoms with Crippen LogP contribution < -0.4 is 0 Å². The molecule has 0 aromatic carbocycles. The minimum absolute atomic E-state index is 0.152. The van der Waals surface area contributed by atoms with Crippen molar-refractivity contribution in [1.82, 2.24) is 0 Å². The van der Waals surface area contributed by atoms with Crippen LogP contribution in [0.5, 0.6) is 0 Å². The number of rotatable bonds is 10. The number of hydrogen-bond acceptors (Lipinski definition) is 3. The first kappa shape index (κ1) is 21.9. The summed E-state index contributed by atoms with van der Waals surface area (Å²) in [6.45, 7) is 9.93. The van der Waals surface area contributed by atoms with E-state index in [1.165, 1.54) is 63.0 Å². The quantitative estimate of drug-likeness (QED) is 0.402. The Bertz CT molecular complexity index is 546. The van der Waals surface area contributed by atoms with E-state index in [2.05, 4.69) is 33.8 Å². The van der Waals surface area contributed by atoms with Crippen molar-refractivity contribution in [2.45, 2.75) is 104 Å². The third kappa shape index (κ3) is 4.51. The molecule has 0 saturated carbocycles. The molecule has 0 spiro atoms. The number of unbranched alkanes of at least 4 members (excludes halogenated alkanes) is 3. The molecule has 0 aromatic rings. The number of hydrogen-bond donors (Lipinski definition) is 1. The summed E-state index contributed by atoms with van der Waals surface area (Å²) in [7, 11) is 0. The van der Waals surface area contributed by atoms with Gasteiger partial charge in [-0.05, 0) is 0 Å². The van der Waals surface area contributed by atoms with Crippen LogP contribution >= 0.6 is 0 Å². The fourth-order valence-electron chi connectivity index (χ4n) is 5.50. The van der Waals surface area contributed by atoms with Gasteiger partial charge in [-0.1, -0.05) is 0 Å². The monoisotopic (exact) mass is 484 g/mol. The van der Waals surface area contributed by atoms with Crippen molar-refractivity contribution in [3.8, 4) is 0 Å². The summed E-state index contributed by atoms with van der Waals surface area (Å²) >= 11 is -2.60. The first-order valence-corrected chi connectivity index (χ1v) is 18.9. The third-order valence-corrected chi connectivity index (χ3v) is 22.7. The van der Waals surface area contributed by atoms with Crippen molar-refractivity contribution in [1.29, 1.82) is 0 Å². The normalized spacial score (nSPS) is 30.5. The fourth-order valence-corrected chi connectivity index (χ4v) is 23.0. The summed E-state index contributed by atoms with van der Waals surface area (Å²) in [6, 6.07) is 0. The Labute approximate surface area is 170 Å². The van der Waals surface area contributed by atoms with Crippen LogP contribution in [0.4, 0.5) is 0 Å². The van der Waals surface area contributed by atoms with Gasteiger partial charge in [0.25, 0.3) is 0 Å². The van der Waals surface area contributed by atoms with Crippen LogP contribution in [0.3, 0.4) is 0 Å². The molecular weight excluding hydrogens is 443 g/mol. The molecule has 2 aliphatic heterocycles. The zero-order valence-electron chi connectivity index (χ0n) is 17.9. The molecule has 3 rings (SSSR count). The Balaban J connectivity index is 2.08.